The Balaban J connectivity index is 1.50. The Kier molecular flexibility index (Phi) is 9.61. The summed E-state index contributed by atoms with van der Waals surface area (Å²) in [7, 11) is 0. The number of hydrogen-bond acceptors (Lipinski definition) is 5. The first-order valence-electron chi connectivity index (χ1n) is 16.6. The van der Waals surface area contributed by atoms with Crippen LogP contribution in [0.5, 0.6) is 0 Å². The molecule has 3 fully saturated rings. The van der Waals surface area contributed by atoms with Crippen LogP contribution in [0, 0.1) is 11.8 Å². The molecule has 0 saturated carbocycles. The maximum atomic E-state index is 15.1. The molecule has 1 N–H and O–H groups in total. The quantitative estimate of drug-likeness (QED) is 0.227. The summed E-state index contributed by atoms with van der Waals surface area (Å²) in [6, 6.07) is 23.9. The minimum absolute atomic E-state index is 0.127. The number of carbonyl (C=O) groups excluding carboxylic acids is 3. The van der Waals surface area contributed by atoms with Gasteiger partial charge in [0.15, 0.2) is 0 Å². The molecular formula is C39H42ClN3O5. The smallest absolute Gasteiger partial charge is 0.253 e. The number of aliphatic hydroxyl groups is 1. The van der Waals surface area contributed by atoms with E-state index in [9.17, 15) is 9.90 Å². The van der Waals surface area contributed by atoms with E-state index in [0.717, 1.165) is 5.56 Å². The van der Waals surface area contributed by atoms with Crippen LogP contribution in [0.1, 0.15) is 43.4 Å². The van der Waals surface area contributed by atoms with E-state index >= 15 is 9.59 Å². The average molecular weight is 668 g/mol. The molecule has 0 aromatic heterocycles. The van der Waals surface area contributed by atoms with Crippen LogP contribution >= 0.6 is 11.6 Å². The van der Waals surface area contributed by atoms with Crippen molar-refractivity contribution in [2.24, 2.45) is 11.8 Å². The first kappa shape index (κ1) is 33.7. The van der Waals surface area contributed by atoms with Crippen LogP contribution in [0.15, 0.2) is 110 Å². The summed E-state index contributed by atoms with van der Waals surface area (Å²) >= 11 is 6.65. The van der Waals surface area contributed by atoms with Gasteiger partial charge in [0.05, 0.1) is 40.8 Å². The number of aliphatic hydroxyl groups excluding tert-OH is 1. The number of ether oxygens (including phenoxy) is 1. The molecule has 1 spiro atoms. The van der Waals surface area contributed by atoms with E-state index in [4.69, 9.17) is 16.3 Å². The monoisotopic (exact) mass is 667 g/mol. The van der Waals surface area contributed by atoms with Crippen LogP contribution in [-0.2, 0) is 25.7 Å². The van der Waals surface area contributed by atoms with Gasteiger partial charge in [-0.25, -0.2) is 0 Å². The van der Waals surface area contributed by atoms with Crippen LogP contribution < -0.4 is 4.90 Å². The molecule has 3 aromatic rings. The lowest BCUT2D eigenvalue weighted by Gasteiger charge is -2.40. The number of carbonyl (C=O) groups is 3. The van der Waals surface area contributed by atoms with Gasteiger partial charge in [-0.3, -0.25) is 14.4 Å². The maximum Gasteiger partial charge on any atom is 0.253 e. The first-order valence-corrected chi connectivity index (χ1v) is 16.9. The SMILES string of the molecule is C=CCN(Cc1ccccc1)C(=O)[C@H]1[C@H]2C(=O)N([C@H](CO)c3ccccc3)C(C(=O)N(CC=C)c3ccccc3Cl)C23CC[C@]1(CC)O3. The Labute approximate surface area is 287 Å². The van der Waals surface area contributed by atoms with Crippen LogP contribution in [0.4, 0.5) is 5.69 Å². The third-order valence-electron chi connectivity index (χ3n) is 10.4. The Morgan fingerprint density at radius 3 is 2.25 bits per heavy atom. The Hall–Kier alpha value is -4.24. The van der Waals surface area contributed by atoms with Gasteiger partial charge in [-0.15, -0.1) is 13.2 Å². The second kappa shape index (κ2) is 13.7. The van der Waals surface area contributed by atoms with Gasteiger partial charge in [-0.2, -0.15) is 0 Å². The molecule has 6 rings (SSSR count). The zero-order chi connectivity index (χ0) is 34.1. The normalized spacial score (nSPS) is 26.2. The Morgan fingerprint density at radius 2 is 1.62 bits per heavy atom. The lowest BCUT2D eigenvalue weighted by Crippen LogP contribution is -2.57. The third-order valence-corrected chi connectivity index (χ3v) is 10.7. The predicted octanol–water partition coefficient (Wildman–Crippen LogP) is 5.96. The molecule has 250 valence electrons. The van der Waals surface area contributed by atoms with E-state index in [0.29, 0.717) is 42.1 Å². The molecule has 3 amide bonds. The van der Waals surface area contributed by atoms with Crippen LogP contribution in [0.25, 0.3) is 0 Å². The summed E-state index contributed by atoms with van der Waals surface area (Å²) in [6.45, 7) is 10.1. The summed E-state index contributed by atoms with van der Waals surface area (Å²) in [5.41, 5.74) is -0.140. The van der Waals surface area contributed by atoms with Gasteiger partial charge in [0.2, 0.25) is 11.8 Å². The van der Waals surface area contributed by atoms with Gasteiger partial charge in [-0.05, 0) is 42.5 Å². The Bertz CT molecular complexity index is 1690. The molecule has 3 heterocycles. The van der Waals surface area contributed by atoms with Gasteiger partial charge >= 0.3 is 0 Å². The van der Waals surface area contributed by atoms with Crippen molar-refractivity contribution in [3.63, 3.8) is 0 Å². The number of anilines is 1. The number of rotatable bonds is 13. The number of fused-ring (bicyclic) bond motifs is 1. The van der Waals surface area contributed by atoms with Crippen LogP contribution in [0.3, 0.4) is 0 Å². The molecule has 8 nitrogen and oxygen atoms in total. The van der Waals surface area contributed by atoms with Crippen LogP contribution in [-0.4, -0.2) is 69.6 Å². The van der Waals surface area contributed by atoms with Crippen LogP contribution in [0.2, 0.25) is 5.02 Å². The minimum atomic E-state index is -1.31. The van der Waals surface area contributed by atoms with Crippen molar-refractivity contribution in [1.29, 1.82) is 0 Å². The van der Waals surface area contributed by atoms with Gasteiger partial charge in [0, 0.05) is 19.6 Å². The fraction of sp³-hybridized carbons (Fsp3) is 0.359. The lowest BCUT2D eigenvalue weighted by atomic mass is 9.64. The Morgan fingerprint density at radius 1 is 0.979 bits per heavy atom. The summed E-state index contributed by atoms with van der Waals surface area (Å²) in [5.74, 6) is -2.76. The van der Waals surface area contributed by atoms with Gasteiger partial charge in [-0.1, -0.05) is 103 Å². The average Bonchev–Trinajstić information content (AvgIpc) is 3.72. The van der Waals surface area contributed by atoms with Crippen molar-refractivity contribution in [2.45, 2.75) is 56.0 Å². The maximum absolute atomic E-state index is 15.1. The van der Waals surface area contributed by atoms with E-state index in [1.165, 1.54) is 9.80 Å². The lowest BCUT2D eigenvalue weighted by molar-refractivity contribution is -0.154. The fourth-order valence-corrected chi connectivity index (χ4v) is 8.56. The minimum Gasteiger partial charge on any atom is -0.394 e. The number of nitrogens with zero attached hydrogens (tertiary/aromatic N) is 3. The largest absolute Gasteiger partial charge is 0.394 e. The molecule has 48 heavy (non-hydrogen) atoms. The zero-order valence-corrected chi connectivity index (χ0v) is 28.0. The highest BCUT2D eigenvalue weighted by atomic mass is 35.5. The number of benzene rings is 3. The zero-order valence-electron chi connectivity index (χ0n) is 27.2. The van der Waals surface area contributed by atoms with Crippen molar-refractivity contribution in [2.75, 3.05) is 24.6 Å². The van der Waals surface area contributed by atoms with E-state index in [1.807, 2.05) is 67.6 Å². The summed E-state index contributed by atoms with van der Waals surface area (Å²) in [5, 5.41) is 11.3. The molecule has 3 saturated heterocycles. The van der Waals surface area contributed by atoms with Gasteiger partial charge < -0.3 is 24.5 Å². The number of hydrogen-bond donors (Lipinski definition) is 1. The molecule has 3 aromatic carbocycles. The van der Waals surface area contributed by atoms with Crippen molar-refractivity contribution in [1.82, 2.24) is 9.80 Å². The molecular weight excluding hydrogens is 626 g/mol. The van der Waals surface area contributed by atoms with Gasteiger partial charge in [0.1, 0.15) is 11.6 Å². The second-order valence-corrected chi connectivity index (χ2v) is 13.3. The van der Waals surface area contributed by atoms with E-state index in [-0.39, 0.29) is 24.9 Å². The third kappa shape index (κ3) is 5.46. The van der Waals surface area contributed by atoms with E-state index in [1.54, 1.807) is 41.3 Å². The van der Waals surface area contributed by atoms with E-state index < -0.39 is 47.6 Å². The van der Waals surface area contributed by atoms with Crippen molar-refractivity contribution >= 4 is 35.0 Å². The predicted molar refractivity (Wildman–Crippen MR) is 186 cm³/mol. The molecule has 3 aliphatic rings. The standard InChI is InChI=1S/C39H42ClN3O5/c1-4-23-41(25-27-15-9-7-10-16-27)35(45)32-33-36(46)43(31(26-44)28-17-11-8-12-18-28)34(39(33)22-21-38(32,6-3)48-39)37(47)42(24-5-2)30-20-14-13-19-29(30)40/h4-5,7-20,31-34,44H,1-2,6,21-26H2,3H3/t31-,32-,33+,34?,38+,39?/m1/s1. The second-order valence-electron chi connectivity index (χ2n) is 12.9. The highest BCUT2D eigenvalue weighted by molar-refractivity contribution is 6.34. The summed E-state index contributed by atoms with van der Waals surface area (Å²) in [4.78, 5) is 49.8. The number of para-hydroxylation sites is 1. The number of halogens is 1. The molecule has 3 aliphatic heterocycles. The highest BCUT2D eigenvalue weighted by Crippen LogP contribution is 2.65. The summed E-state index contributed by atoms with van der Waals surface area (Å²) in [6.07, 6.45) is 4.71. The summed E-state index contributed by atoms with van der Waals surface area (Å²) < 4.78 is 7.07. The molecule has 9 heteroatoms. The van der Waals surface area contributed by atoms with E-state index in [2.05, 4.69) is 13.2 Å². The topological polar surface area (TPSA) is 90.4 Å². The fourth-order valence-electron chi connectivity index (χ4n) is 8.32. The number of likely N-dealkylation sites (tertiary alicyclic amines) is 1. The molecule has 2 unspecified atom stereocenters. The number of amides is 3. The van der Waals surface area contributed by atoms with Gasteiger partial charge in [0.25, 0.3) is 5.91 Å². The first-order chi connectivity index (χ1) is 23.3. The molecule has 0 aliphatic carbocycles. The molecule has 2 bridgehead atoms. The highest BCUT2D eigenvalue weighted by Gasteiger charge is 2.79. The van der Waals surface area contributed by atoms with Crippen molar-refractivity contribution in [3.8, 4) is 0 Å². The molecule has 6 atom stereocenters. The molecule has 0 radical (unpaired) electrons. The van der Waals surface area contributed by atoms with Crippen molar-refractivity contribution in [3.05, 3.63) is 126 Å². The van der Waals surface area contributed by atoms with Crippen molar-refractivity contribution < 1.29 is 24.2 Å².